The van der Waals surface area contributed by atoms with E-state index >= 15 is 0 Å². The SMILES string of the molecule is CCN(CCCO)c1ncnc(Cl)c1CO. The lowest BCUT2D eigenvalue weighted by Gasteiger charge is -2.23. The standard InChI is InChI=1S/C10H16ClN3O2/c1-2-14(4-3-5-15)10-8(6-16)9(11)12-7-13-10/h7,15-16H,2-6H2,1H3. The Bertz CT molecular complexity index is 336. The van der Waals surface area contributed by atoms with Crippen LogP contribution in [-0.2, 0) is 6.61 Å². The molecule has 0 unspecified atom stereocenters. The first kappa shape index (κ1) is 13.2. The molecule has 0 aromatic carbocycles. The van der Waals surface area contributed by atoms with Gasteiger partial charge in [-0.05, 0) is 13.3 Å². The fourth-order valence-electron chi connectivity index (χ4n) is 1.47. The molecule has 1 heterocycles. The Kier molecular flexibility index (Phi) is 5.45. The van der Waals surface area contributed by atoms with Crippen molar-refractivity contribution in [1.82, 2.24) is 9.97 Å². The van der Waals surface area contributed by atoms with E-state index in [2.05, 4.69) is 9.97 Å². The topological polar surface area (TPSA) is 69.5 Å². The van der Waals surface area contributed by atoms with Crippen LogP contribution in [0.5, 0.6) is 0 Å². The summed E-state index contributed by atoms with van der Waals surface area (Å²) >= 11 is 5.88. The average molecular weight is 246 g/mol. The second-order valence-corrected chi connectivity index (χ2v) is 3.64. The summed E-state index contributed by atoms with van der Waals surface area (Å²) in [4.78, 5) is 9.90. The van der Waals surface area contributed by atoms with E-state index in [-0.39, 0.29) is 18.4 Å². The van der Waals surface area contributed by atoms with Gasteiger partial charge in [-0.3, -0.25) is 0 Å². The molecule has 0 aliphatic carbocycles. The molecule has 0 aliphatic heterocycles. The van der Waals surface area contributed by atoms with Gasteiger partial charge in [-0.15, -0.1) is 0 Å². The molecule has 90 valence electrons. The molecule has 0 atom stereocenters. The number of halogens is 1. The molecule has 0 saturated heterocycles. The third-order valence-electron chi connectivity index (χ3n) is 2.30. The molecule has 1 aromatic rings. The van der Waals surface area contributed by atoms with Crippen LogP contribution >= 0.6 is 11.6 Å². The van der Waals surface area contributed by atoms with Gasteiger partial charge in [0.15, 0.2) is 0 Å². The molecule has 0 fully saturated rings. The molecule has 0 amide bonds. The van der Waals surface area contributed by atoms with Gasteiger partial charge >= 0.3 is 0 Å². The molecule has 6 heteroatoms. The van der Waals surface area contributed by atoms with E-state index in [1.807, 2.05) is 11.8 Å². The lowest BCUT2D eigenvalue weighted by molar-refractivity contribution is 0.280. The fraction of sp³-hybridized carbons (Fsp3) is 0.600. The zero-order chi connectivity index (χ0) is 12.0. The molecule has 1 rings (SSSR count). The molecular weight excluding hydrogens is 230 g/mol. The molecule has 2 N–H and O–H groups in total. The predicted octanol–water partition coefficient (Wildman–Crippen LogP) is 0.831. The maximum atomic E-state index is 9.23. The highest BCUT2D eigenvalue weighted by atomic mass is 35.5. The molecule has 1 aromatic heterocycles. The fourth-order valence-corrected chi connectivity index (χ4v) is 1.65. The highest BCUT2D eigenvalue weighted by Crippen LogP contribution is 2.23. The van der Waals surface area contributed by atoms with Gasteiger partial charge in [-0.2, -0.15) is 0 Å². The van der Waals surface area contributed by atoms with Crippen LogP contribution in [0.2, 0.25) is 5.15 Å². The van der Waals surface area contributed by atoms with E-state index in [4.69, 9.17) is 16.7 Å². The molecular formula is C10H16ClN3O2. The van der Waals surface area contributed by atoms with Crippen LogP contribution in [0.15, 0.2) is 6.33 Å². The van der Waals surface area contributed by atoms with Gasteiger partial charge < -0.3 is 15.1 Å². The van der Waals surface area contributed by atoms with E-state index < -0.39 is 0 Å². The first-order valence-electron chi connectivity index (χ1n) is 5.20. The second kappa shape index (κ2) is 6.62. The second-order valence-electron chi connectivity index (χ2n) is 3.28. The van der Waals surface area contributed by atoms with Crippen LogP contribution in [0.1, 0.15) is 18.9 Å². The molecule has 0 saturated carbocycles. The normalized spacial score (nSPS) is 10.5. The molecule has 0 spiro atoms. The quantitative estimate of drug-likeness (QED) is 0.727. The molecule has 16 heavy (non-hydrogen) atoms. The summed E-state index contributed by atoms with van der Waals surface area (Å²) in [6.45, 7) is 3.33. The lowest BCUT2D eigenvalue weighted by atomic mass is 10.3. The number of aromatic nitrogens is 2. The number of nitrogens with zero attached hydrogens (tertiary/aromatic N) is 3. The maximum absolute atomic E-state index is 9.23. The number of anilines is 1. The minimum Gasteiger partial charge on any atom is -0.396 e. The largest absolute Gasteiger partial charge is 0.396 e. The number of hydrogen-bond acceptors (Lipinski definition) is 5. The molecule has 5 nitrogen and oxygen atoms in total. The monoisotopic (exact) mass is 245 g/mol. The predicted molar refractivity (Wildman–Crippen MR) is 62.6 cm³/mol. The van der Waals surface area contributed by atoms with E-state index in [0.29, 0.717) is 24.3 Å². The molecule has 0 bridgehead atoms. The smallest absolute Gasteiger partial charge is 0.140 e. The van der Waals surface area contributed by atoms with Crippen molar-refractivity contribution in [3.05, 3.63) is 17.0 Å². The van der Waals surface area contributed by atoms with Crippen LogP contribution in [-0.4, -0.2) is 39.9 Å². The van der Waals surface area contributed by atoms with Gasteiger partial charge in [0.2, 0.25) is 0 Å². The summed E-state index contributed by atoms with van der Waals surface area (Å²) < 4.78 is 0. The summed E-state index contributed by atoms with van der Waals surface area (Å²) in [5, 5.41) is 18.3. The maximum Gasteiger partial charge on any atom is 0.140 e. The first-order chi connectivity index (χ1) is 7.74. The Hall–Kier alpha value is -0.910. The van der Waals surface area contributed by atoms with Gasteiger partial charge in [-0.25, -0.2) is 9.97 Å². The number of aliphatic hydroxyl groups is 2. The summed E-state index contributed by atoms with van der Waals surface area (Å²) in [6.07, 6.45) is 2.03. The van der Waals surface area contributed by atoms with Crippen molar-refractivity contribution in [3.63, 3.8) is 0 Å². The van der Waals surface area contributed by atoms with Gasteiger partial charge in [0.25, 0.3) is 0 Å². The van der Waals surface area contributed by atoms with Crippen molar-refractivity contribution in [2.24, 2.45) is 0 Å². The van der Waals surface area contributed by atoms with Gasteiger partial charge in [0.05, 0.1) is 12.2 Å². The van der Waals surface area contributed by atoms with Crippen LogP contribution in [0, 0.1) is 0 Å². The molecule has 0 radical (unpaired) electrons. The van der Waals surface area contributed by atoms with Crippen molar-refractivity contribution in [1.29, 1.82) is 0 Å². The minimum atomic E-state index is -0.190. The van der Waals surface area contributed by atoms with E-state index in [1.165, 1.54) is 6.33 Å². The third-order valence-corrected chi connectivity index (χ3v) is 2.62. The highest BCUT2D eigenvalue weighted by Gasteiger charge is 2.14. The van der Waals surface area contributed by atoms with Crippen LogP contribution < -0.4 is 4.90 Å². The molecule has 0 aliphatic rings. The van der Waals surface area contributed by atoms with Gasteiger partial charge in [-0.1, -0.05) is 11.6 Å². The van der Waals surface area contributed by atoms with E-state index in [1.54, 1.807) is 0 Å². The van der Waals surface area contributed by atoms with Crippen LogP contribution in [0.3, 0.4) is 0 Å². The van der Waals surface area contributed by atoms with Crippen molar-refractivity contribution in [2.45, 2.75) is 20.0 Å². The Morgan fingerprint density at radius 3 is 2.69 bits per heavy atom. The average Bonchev–Trinajstić information content (AvgIpc) is 2.30. The Morgan fingerprint density at radius 2 is 2.12 bits per heavy atom. The number of hydrogen-bond donors (Lipinski definition) is 2. The van der Waals surface area contributed by atoms with E-state index in [0.717, 1.165) is 6.54 Å². The van der Waals surface area contributed by atoms with Crippen molar-refractivity contribution in [3.8, 4) is 0 Å². The zero-order valence-corrected chi connectivity index (χ0v) is 9.98. The minimum absolute atomic E-state index is 0.129. The highest BCUT2D eigenvalue weighted by molar-refractivity contribution is 6.30. The van der Waals surface area contributed by atoms with Crippen molar-refractivity contribution in [2.75, 3.05) is 24.6 Å². The summed E-state index contributed by atoms with van der Waals surface area (Å²) in [5.41, 5.74) is 0.531. The van der Waals surface area contributed by atoms with Crippen LogP contribution in [0.4, 0.5) is 5.82 Å². The summed E-state index contributed by atoms with van der Waals surface area (Å²) in [6, 6.07) is 0. The number of rotatable bonds is 6. The Morgan fingerprint density at radius 1 is 1.38 bits per heavy atom. The van der Waals surface area contributed by atoms with Crippen LogP contribution in [0.25, 0.3) is 0 Å². The van der Waals surface area contributed by atoms with Crippen molar-refractivity contribution >= 4 is 17.4 Å². The number of aliphatic hydroxyl groups excluding tert-OH is 2. The Labute approximate surface area is 99.7 Å². The lowest BCUT2D eigenvalue weighted by Crippen LogP contribution is -2.27. The summed E-state index contributed by atoms with van der Waals surface area (Å²) in [5.74, 6) is 0.637. The zero-order valence-electron chi connectivity index (χ0n) is 9.23. The van der Waals surface area contributed by atoms with Gasteiger partial charge in [0, 0.05) is 19.7 Å². The van der Waals surface area contributed by atoms with Gasteiger partial charge in [0.1, 0.15) is 17.3 Å². The first-order valence-corrected chi connectivity index (χ1v) is 5.58. The third kappa shape index (κ3) is 3.04. The Balaban J connectivity index is 2.94. The summed E-state index contributed by atoms with van der Waals surface area (Å²) in [7, 11) is 0. The van der Waals surface area contributed by atoms with E-state index in [9.17, 15) is 5.11 Å². The van der Waals surface area contributed by atoms with Crippen molar-refractivity contribution < 1.29 is 10.2 Å².